The average molecular weight is 307 g/mol. The Labute approximate surface area is 131 Å². The maximum Gasteiger partial charge on any atom is 0.248 e. The largest absolute Gasteiger partial charge is 0.366 e. The molecule has 0 aliphatic rings. The van der Waals surface area contributed by atoms with Crippen LogP contribution in [0.25, 0.3) is 0 Å². The lowest BCUT2D eigenvalue weighted by Gasteiger charge is -2.06. The first-order chi connectivity index (χ1) is 10.1. The molecule has 0 aliphatic heterocycles. The molecular formula is C16H23N2O2S. The molecule has 1 aromatic rings. The van der Waals surface area contributed by atoms with Crippen LogP contribution in [0, 0.1) is 6.42 Å². The molecule has 0 saturated carbocycles. The van der Waals surface area contributed by atoms with Crippen LogP contribution < -0.4 is 11.1 Å². The first-order valence-electron chi connectivity index (χ1n) is 7.24. The SMILES string of the molecule is NC(=O)c1cccc(CCNC(=O)[CH]CCCCCS)c1. The smallest absolute Gasteiger partial charge is 0.248 e. The van der Waals surface area contributed by atoms with Crippen LogP contribution in [-0.2, 0) is 11.2 Å². The molecule has 0 aliphatic carbocycles. The van der Waals surface area contributed by atoms with Gasteiger partial charge in [0, 0.05) is 18.5 Å². The lowest BCUT2D eigenvalue weighted by atomic mass is 10.1. The maximum absolute atomic E-state index is 11.6. The predicted molar refractivity (Wildman–Crippen MR) is 88.3 cm³/mol. The molecule has 21 heavy (non-hydrogen) atoms. The highest BCUT2D eigenvalue weighted by molar-refractivity contribution is 7.80. The minimum atomic E-state index is -0.435. The molecule has 115 valence electrons. The number of nitrogens with one attached hydrogen (secondary N) is 1. The number of thiol groups is 1. The normalized spacial score (nSPS) is 10.3. The Kier molecular flexibility index (Phi) is 8.59. The fraction of sp³-hybridized carbons (Fsp3) is 0.438. The quantitative estimate of drug-likeness (QED) is 0.458. The Morgan fingerprint density at radius 3 is 2.76 bits per heavy atom. The van der Waals surface area contributed by atoms with Gasteiger partial charge in [-0.2, -0.15) is 12.6 Å². The van der Waals surface area contributed by atoms with Gasteiger partial charge in [-0.25, -0.2) is 0 Å². The lowest BCUT2D eigenvalue weighted by molar-refractivity contribution is -0.117. The molecular weight excluding hydrogens is 284 g/mol. The van der Waals surface area contributed by atoms with E-state index >= 15 is 0 Å². The highest BCUT2D eigenvalue weighted by Crippen LogP contribution is 2.05. The Hall–Kier alpha value is -1.49. The Balaban J connectivity index is 2.19. The van der Waals surface area contributed by atoms with E-state index in [1.54, 1.807) is 24.6 Å². The lowest BCUT2D eigenvalue weighted by Crippen LogP contribution is -2.25. The van der Waals surface area contributed by atoms with E-state index in [1.165, 1.54) is 0 Å². The summed E-state index contributed by atoms with van der Waals surface area (Å²) in [5.74, 6) is 0.429. The van der Waals surface area contributed by atoms with E-state index in [1.807, 2.05) is 6.07 Å². The molecule has 0 aromatic heterocycles. The highest BCUT2D eigenvalue weighted by atomic mass is 32.1. The number of nitrogens with two attached hydrogens (primary N) is 1. The van der Waals surface area contributed by atoms with Crippen molar-refractivity contribution in [1.82, 2.24) is 5.32 Å². The molecule has 2 amide bonds. The second-order valence-electron chi connectivity index (χ2n) is 4.88. The first kappa shape index (κ1) is 17.6. The molecule has 0 saturated heterocycles. The number of hydrogen-bond donors (Lipinski definition) is 3. The topological polar surface area (TPSA) is 72.2 Å². The summed E-state index contributed by atoms with van der Waals surface area (Å²) in [7, 11) is 0. The summed E-state index contributed by atoms with van der Waals surface area (Å²) in [5, 5.41) is 2.84. The van der Waals surface area contributed by atoms with Crippen LogP contribution in [0.15, 0.2) is 24.3 Å². The van der Waals surface area contributed by atoms with Crippen LogP contribution in [0.3, 0.4) is 0 Å². The van der Waals surface area contributed by atoms with Crippen molar-refractivity contribution in [2.24, 2.45) is 5.73 Å². The van der Waals surface area contributed by atoms with Crippen molar-refractivity contribution in [3.63, 3.8) is 0 Å². The van der Waals surface area contributed by atoms with Crippen LogP contribution in [0.2, 0.25) is 0 Å². The Bertz CT molecular complexity index is 463. The van der Waals surface area contributed by atoms with Gasteiger partial charge in [-0.15, -0.1) is 0 Å². The number of unbranched alkanes of at least 4 members (excludes halogenated alkanes) is 3. The second-order valence-corrected chi connectivity index (χ2v) is 5.33. The molecule has 0 atom stereocenters. The second kappa shape index (κ2) is 10.3. The monoisotopic (exact) mass is 307 g/mol. The van der Waals surface area contributed by atoms with Crippen molar-refractivity contribution in [3.8, 4) is 0 Å². The van der Waals surface area contributed by atoms with Gasteiger partial charge in [-0.05, 0) is 42.7 Å². The van der Waals surface area contributed by atoms with Gasteiger partial charge in [-0.3, -0.25) is 9.59 Å². The highest BCUT2D eigenvalue weighted by Gasteiger charge is 2.03. The molecule has 0 fully saturated rings. The minimum absolute atomic E-state index is 0.0353. The van der Waals surface area contributed by atoms with Gasteiger partial charge < -0.3 is 11.1 Å². The van der Waals surface area contributed by atoms with Crippen LogP contribution >= 0.6 is 12.6 Å². The zero-order valence-corrected chi connectivity index (χ0v) is 13.1. The van der Waals surface area contributed by atoms with Crippen LogP contribution in [-0.4, -0.2) is 24.1 Å². The molecule has 0 heterocycles. The number of hydrogen-bond acceptors (Lipinski definition) is 3. The van der Waals surface area contributed by atoms with Gasteiger partial charge in [0.25, 0.3) is 0 Å². The summed E-state index contributed by atoms with van der Waals surface area (Å²) in [5.41, 5.74) is 6.71. The van der Waals surface area contributed by atoms with Gasteiger partial charge >= 0.3 is 0 Å². The van der Waals surface area contributed by atoms with Crippen molar-refractivity contribution >= 4 is 24.4 Å². The third kappa shape index (κ3) is 7.75. The summed E-state index contributed by atoms with van der Waals surface area (Å²) in [6.45, 7) is 0.550. The maximum atomic E-state index is 11.6. The molecule has 0 bridgehead atoms. The third-order valence-corrected chi connectivity index (χ3v) is 3.43. The van der Waals surface area contributed by atoms with Crippen LogP contribution in [0.1, 0.15) is 41.6 Å². The predicted octanol–water partition coefficient (Wildman–Crippen LogP) is 2.14. The van der Waals surface area contributed by atoms with E-state index in [-0.39, 0.29) is 5.91 Å². The summed E-state index contributed by atoms with van der Waals surface area (Å²) in [6.07, 6.45) is 6.39. The molecule has 4 nitrogen and oxygen atoms in total. The number of rotatable bonds is 10. The standard InChI is InChI=1S/C16H23N2O2S/c17-16(20)14-7-5-6-13(12-14)9-10-18-15(19)8-3-1-2-4-11-21/h5-8,12,21H,1-4,9-11H2,(H2,17,20)(H,18,19). The van der Waals surface area contributed by atoms with E-state index in [0.717, 1.165) is 37.0 Å². The number of benzene rings is 1. The number of carbonyl (C=O) groups excluding carboxylic acids is 2. The first-order valence-corrected chi connectivity index (χ1v) is 7.87. The van der Waals surface area contributed by atoms with Gasteiger partial charge in [0.05, 0.1) is 0 Å². The molecule has 1 aromatic carbocycles. The van der Waals surface area contributed by atoms with Gasteiger partial charge in [0.2, 0.25) is 11.8 Å². The molecule has 1 radical (unpaired) electrons. The summed E-state index contributed by atoms with van der Waals surface area (Å²) >= 11 is 4.15. The van der Waals surface area contributed by atoms with Crippen molar-refractivity contribution < 1.29 is 9.59 Å². The van der Waals surface area contributed by atoms with Crippen molar-refractivity contribution in [2.45, 2.75) is 32.1 Å². The average Bonchev–Trinajstić information content (AvgIpc) is 2.47. The number of amides is 2. The molecule has 3 N–H and O–H groups in total. The molecule has 0 spiro atoms. The van der Waals surface area contributed by atoms with E-state index in [2.05, 4.69) is 17.9 Å². The zero-order chi connectivity index (χ0) is 15.5. The molecule has 5 heteroatoms. The van der Waals surface area contributed by atoms with E-state index < -0.39 is 5.91 Å². The molecule has 0 unspecified atom stereocenters. The van der Waals surface area contributed by atoms with E-state index in [0.29, 0.717) is 18.5 Å². The third-order valence-electron chi connectivity index (χ3n) is 3.12. The molecule has 1 rings (SSSR count). The summed E-state index contributed by atoms with van der Waals surface area (Å²) in [4.78, 5) is 22.7. The van der Waals surface area contributed by atoms with Gasteiger partial charge in [0.15, 0.2) is 0 Å². The number of primary amides is 1. The van der Waals surface area contributed by atoms with Crippen LogP contribution in [0.4, 0.5) is 0 Å². The number of carbonyl (C=O) groups is 2. The van der Waals surface area contributed by atoms with E-state index in [9.17, 15) is 9.59 Å². The summed E-state index contributed by atoms with van der Waals surface area (Å²) < 4.78 is 0. The van der Waals surface area contributed by atoms with Crippen molar-refractivity contribution in [1.29, 1.82) is 0 Å². The fourth-order valence-corrected chi connectivity index (χ4v) is 2.17. The zero-order valence-electron chi connectivity index (χ0n) is 12.2. The van der Waals surface area contributed by atoms with Crippen molar-refractivity contribution in [3.05, 3.63) is 41.8 Å². The van der Waals surface area contributed by atoms with Crippen LogP contribution in [0.5, 0.6) is 0 Å². The van der Waals surface area contributed by atoms with Gasteiger partial charge in [0.1, 0.15) is 0 Å². The minimum Gasteiger partial charge on any atom is -0.366 e. The Morgan fingerprint density at radius 2 is 2.05 bits per heavy atom. The van der Waals surface area contributed by atoms with Gasteiger partial charge in [-0.1, -0.05) is 25.0 Å². The fourth-order valence-electron chi connectivity index (χ4n) is 1.95. The Morgan fingerprint density at radius 1 is 1.24 bits per heavy atom. The van der Waals surface area contributed by atoms with E-state index in [4.69, 9.17) is 5.73 Å². The van der Waals surface area contributed by atoms with Crippen molar-refractivity contribution in [2.75, 3.05) is 12.3 Å². The summed E-state index contributed by atoms with van der Waals surface area (Å²) in [6, 6.07) is 7.16.